The van der Waals surface area contributed by atoms with E-state index in [-0.39, 0.29) is 24.3 Å². The lowest BCUT2D eigenvalue weighted by molar-refractivity contribution is -0.134. The van der Waals surface area contributed by atoms with E-state index in [2.05, 4.69) is 26.5 Å². The molecule has 1 aliphatic heterocycles. The smallest absolute Gasteiger partial charge is 0.258 e. The minimum absolute atomic E-state index is 0.187. The number of hydrogen-bond donors (Lipinski definition) is 3. The number of piperidine rings is 1. The van der Waals surface area contributed by atoms with E-state index in [4.69, 9.17) is 6.42 Å². The van der Waals surface area contributed by atoms with Crippen LogP contribution in [0.3, 0.4) is 0 Å². The molecule has 0 aliphatic carbocycles. The molecule has 1 saturated heterocycles. The highest BCUT2D eigenvalue weighted by molar-refractivity contribution is 6.03. The second-order valence-corrected chi connectivity index (χ2v) is 8.09. The maximum absolute atomic E-state index is 12.6. The van der Waals surface area contributed by atoms with Crippen LogP contribution in [0.25, 0.3) is 10.9 Å². The van der Waals surface area contributed by atoms with Crippen LogP contribution in [0.2, 0.25) is 0 Å². The summed E-state index contributed by atoms with van der Waals surface area (Å²) in [5.74, 6) is 1.96. The highest BCUT2D eigenvalue weighted by Gasteiger charge is 2.28. The standard InChI is InChI=1S/C25H23N5O4/c1-3-12-30(14-16-4-9-20-19(13-16)24(33)27-15(2)26-20)18-7-5-17(6-8-18)23(32)28-21-10-11-22(31)29-25(21)34/h1,4-9,13,21H,10-12,14H2,2H3,(H,28,32)(H,26,27,33)(H,29,31,34). The van der Waals surface area contributed by atoms with Gasteiger partial charge in [0.1, 0.15) is 11.9 Å². The van der Waals surface area contributed by atoms with Crippen molar-refractivity contribution in [2.24, 2.45) is 0 Å². The van der Waals surface area contributed by atoms with Gasteiger partial charge in [-0.1, -0.05) is 12.0 Å². The predicted molar refractivity (Wildman–Crippen MR) is 127 cm³/mol. The molecule has 34 heavy (non-hydrogen) atoms. The Morgan fingerprint density at radius 1 is 1.21 bits per heavy atom. The molecule has 9 nitrogen and oxygen atoms in total. The first-order valence-electron chi connectivity index (χ1n) is 10.8. The number of anilines is 1. The first-order valence-corrected chi connectivity index (χ1v) is 10.8. The molecule has 3 N–H and O–H groups in total. The van der Waals surface area contributed by atoms with Crippen LogP contribution in [0.1, 0.15) is 34.6 Å². The van der Waals surface area contributed by atoms with Crippen molar-refractivity contribution < 1.29 is 14.4 Å². The summed E-state index contributed by atoms with van der Waals surface area (Å²) in [5, 5.41) is 5.38. The number of hydrogen-bond acceptors (Lipinski definition) is 6. The molecule has 1 aliphatic rings. The molecule has 2 aromatic carbocycles. The number of nitrogens with one attached hydrogen (secondary N) is 3. The zero-order valence-corrected chi connectivity index (χ0v) is 18.6. The number of aryl methyl sites for hydroxylation is 1. The van der Waals surface area contributed by atoms with Crippen LogP contribution in [0.15, 0.2) is 47.3 Å². The molecule has 1 fully saturated rings. The van der Waals surface area contributed by atoms with Crippen LogP contribution >= 0.6 is 0 Å². The van der Waals surface area contributed by atoms with Gasteiger partial charge in [0.05, 0.1) is 17.4 Å². The normalized spacial score (nSPS) is 15.5. The fraction of sp³-hybridized carbons (Fsp3) is 0.240. The van der Waals surface area contributed by atoms with E-state index in [1.54, 1.807) is 37.3 Å². The molecule has 1 unspecified atom stereocenters. The number of benzene rings is 2. The predicted octanol–water partition coefficient (Wildman–Crippen LogP) is 1.41. The zero-order chi connectivity index (χ0) is 24.2. The van der Waals surface area contributed by atoms with E-state index < -0.39 is 17.9 Å². The number of carbonyl (C=O) groups is 3. The number of amides is 3. The molecule has 172 valence electrons. The van der Waals surface area contributed by atoms with Crippen molar-refractivity contribution in [2.45, 2.75) is 32.4 Å². The molecule has 3 aromatic rings. The molecule has 1 aromatic heterocycles. The van der Waals surface area contributed by atoms with Crippen LogP contribution in [-0.4, -0.2) is 40.3 Å². The SMILES string of the molecule is C#CCN(Cc1ccc2nc(C)[nH]c(=O)c2c1)c1ccc(C(=O)NC2CCC(=O)NC2=O)cc1. The van der Waals surface area contributed by atoms with E-state index in [1.165, 1.54) is 0 Å². The van der Waals surface area contributed by atoms with Crippen molar-refractivity contribution in [1.82, 2.24) is 20.6 Å². The van der Waals surface area contributed by atoms with Gasteiger partial charge in [0, 0.05) is 24.2 Å². The lowest BCUT2D eigenvalue weighted by Crippen LogP contribution is -2.52. The van der Waals surface area contributed by atoms with Crippen LogP contribution in [0, 0.1) is 19.3 Å². The summed E-state index contributed by atoms with van der Waals surface area (Å²) >= 11 is 0. The fourth-order valence-corrected chi connectivity index (χ4v) is 3.87. The summed E-state index contributed by atoms with van der Waals surface area (Å²) in [6.45, 7) is 2.51. The largest absolute Gasteiger partial charge is 0.356 e. The Bertz CT molecular complexity index is 1370. The Balaban J connectivity index is 1.49. The minimum Gasteiger partial charge on any atom is -0.356 e. The Morgan fingerprint density at radius 2 is 1.97 bits per heavy atom. The molecular weight excluding hydrogens is 434 g/mol. The molecular formula is C25H23N5O4. The van der Waals surface area contributed by atoms with E-state index >= 15 is 0 Å². The monoisotopic (exact) mass is 457 g/mol. The third-order valence-electron chi connectivity index (χ3n) is 5.58. The summed E-state index contributed by atoms with van der Waals surface area (Å²) in [7, 11) is 0. The lowest BCUT2D eigenvalue weighted by Gasteiger charge is -2.24. The van der Waals surface area contributed by atoms with Gasteiger partial charge in [-0.05, 0) is 55.3 Å². The summed E-state index contributed by atoms with van der Waals surface area (Å²) in [6.07, 6.45) is 6.03. The number of aromatic nitrogens is 2. The number of carbonyl (C=O) groups excluding carboxylic acids is 3. The highest BCUT2D eigenvalue weighted by atomic mass is 16.2. The van der Waals surface area contributed by atoms with Crippen molar-refractivity contribution in [3.05, 3.63) is 69.8 Å². The molecule has 1 atom stereocenters. The Morgan fingerprint density at radius 3 is 2.68 bits per heavy atom. The highest BCUT2D eigenvalue weighted by Crippen LogP contribution is 2.20. The quantitative estimate of drug-likeness (QED) is 0.380. The van der Waals surface area contributed by atoms with E-state index in [0.29, 0.717) is 35.4 Å². The van der Waals surface area contributed by atoms with Crippen LogP contribution in [-0.2, 0) is 16.1 Å². The van der Waals surface area contributed by atoms with E-state index in [9.17, 15) is 19.2 Å². The molecule has 2 heterocycles. The zero-order valence-electron chi connectivity index (χ0n) is 18.6. The molecule has 0 spiro atoms. The molecule has 3 amide bonds. The van der Waals surface area contributed by atoms with Gasteiger partial charge in [0.15, 0.2) is 0 Å². The molecule has 0 saturated carbocycles. The van der Waals surface area contributed by atoms with Gasteiger partial charge in [-0.3, -0.25) is 24.5 Å². The second-order valence-electron chi connectivity index (χ2n) is 8.09. The first-order chi connectivity index (χ1) is 16.3. The fourth-order valence-electron chi connectivity index (χ4n) is 3.87. The molecule has 0 radical (unpaired) electrons. The van der Waals surface area contributed by atoms with Crippen molar-refractivity contribution in [2.75, 3.05) is 11.4 Å². The maximum atomic E-state index is 12.6. The molecule has 0 bridgehead atoms. The topological polar surface area (TPSA) is 124 Å². The summed E-state index contributed by atoms with van der Waals surface area (Å²) < 4.78 is 0. The summed E-state index contributed by atoms with van der Waals surface area (Å²) in [6, 6.07) is 11.6. The first kappa shape index (κ1) is 22.7. The van der Waals surface area contributed by atoms with Crippen LogP contribution < -0.4 is 21.1 Å². The van der Waals surface area contributed by atoms with Crippen molar-refractivity contribution in [3.63, 3.8) is 0 Å². The summed E-state index contributed by atoms with van der Waals surface area (Å²) in [5.41, 5.74) is 2.50. The summed E-state index contributed by atoms with van der Waals surface area (Å²) in [4.78, 5) is 57.0. The van der Waals surface area contributed by atoms with Gasteiger partial charge < -0.3 is 15.2 Å². The Kier molecular flexibility index (Phi) is 6.41. The van der Waals surface area contributed by atoms with Crippen molar-refractivity contribution in [3.8, 4) is 12.3 Å². The van der Waals surface area contributed by atoms with Gasteiger partial charge in [-0.15, -0.1) is 6.42 Å². The van der Waals surface area contributed by atoms with Gasteiger partial charge in [0.25, 0.3) is 11.5 Å². The maximum Gasteiger partial charge on any atom is 0.258 e. The van der Waals surface area contributed by atoms with Crippen LogP contribution in [0.4, 0.5) is 5.69 Å². The number of fused-ring (bicyclic) bond motifs is 1. The Labute approximate surface area is 195 Å². The number of rotatable bonds is 6. The molecule has 4 rings (SSSR count). The number of aromatic amines is 1. The van der Waals surface area contributed by atoms with Crippen molar-refractivity contribution in [1.29, 1.82) is 0 Å². The van der Waals surface area contributed by atoms with Gasteiger partial charge in [-0.2, -0.15) is 0 Å². The van der Waals surface area contributed by atoms with Crippen molar-refractivity contribution >= 4 is 34.3 Å². The average Bonchev–Trinajstić information content (AvgIpc) is 2.81. The van der Waals surface area contributed by atoms with E-state index in [1.807, 2.05) is 17.0 Å². The average molecular weight is 457 g/mol. The van der Waals surface area contributed by atoms with Crippen LogP contribution in [0.5, 0.6) is 0 Å². The number of nitrogens with zero attached hydrogens (tertiary/aromatic N) is 2. The lowest BCUT2D eigenvalue weighted by atomic mass is 10.1. The van der Waals surface area contributed by atoms with E-state index in [0.717, 1.165) is 11.3 Å². The third kappa shape index (κ3) is 4.96. The number of imide groups is 1. The molecule has 9 heteroatoms. The number of terminal acetylenes is 1. The minimum atomic E-state index is -0.739. The van der Waals surface area contributed by atoms with Gasteiger partial charge in [0.2, 0.25) is 11.8 Å². The Hall–Kier alpha value is -4.45. The second kappa shape index (κ2) is 9.58. The number of H-pyrrole nitrogens is 1. The van der Waals surface area contributed by atoms with Gasteiger partial charge in [-0.25, -0.2) is 4.98 Å². The van der Waals surface area contributed by atoms with Gasteiger partial charge >= 0.3 is 0 Å². The third-order valence-corrected chi connectivity index (χ3v) is 5.58.